The summed E-state index contributed by atoms with van der Waals surface area (Å²) in [4.78, 5) is 6.59. The van der Waals surface area contributed by atoms with Gasteiger partial charge >= 0.3 is 0 Å². The molecular weight excluding hydrogens is 214 g/mol. The van der Waals surface area contributed by atoms with Crippen LogP contribution in [-0.4, -0.2) is 38.8 Å². The van der Waals surface area contributed by atoms with Crippen LogP contribution in [0.15, 0.2) is 18.3 Å². The molecule has 1 atom stereocenters. The maximum Gasteiger partial charge on any atom is 0.171 e. The molecule has 4 nitrogen and oxygen atoms in total. The van der Waals surface area contributed by atoms with Crippen molar-refractivity contribution in [1.82, 2.24) is 10.3 Å². The first kappa shape index (κ1) is 12.2. The van der Waals surface area contributed by atoms with Crippen LogP contribution in [0.1, 0.15) is 12.8 Å². The minimum Gasteiger partial charge on any atom is -0.493 e. The topological polar surface area (TPSA) is 37.4 Å². The second-order valence-electron chi connectivity index (χ2n) is 4.62. The number of nitrogens with one attached hydrogen (secondary N) is 1. The van der Waals surface area contributed by atoms with Crippen LogP contribution in [0.3, 0.4) is 0 Å². The fourth-order valence-corrected chi connectivity index (χ4v) is 2.38. The van der Waals surface area contributed by atoms with Gasteiger partial charge in [0.25, 0.3) is 0 Å². The number of hydrogen-bond acceptors (Lipinski definition) is 4. The monoisotopic (exact) mass is 235 g/mol. The van der Waals surface area contributed by atoms with Crippen LogP contribution < -0.4 is 15.0 Å². The Morgan fingerprint density at radius 3 is 3.18 bits per heavy atom. The molecule has 17 heavy (non-hydrogen) atoms. The van der Waals surface area contributed by atoms with Crippen LogP contribution in [0.2, 0.25) is 0 Å². The molecule has 0 aliphatic carbocycles. The van der Waals surface area contributed by atoms with E-state index in [0.29, 0.717) is 5.92 Å². The van der Waals surface area contributed by atoms with E-state index >= 15 is 0 Å². The summed E-state index contributed by atoms with van der Waals surface area (Å²) in [5.74, 6) is 2.49. The molecule has 1 aromatic heterocycles. The highest BCUT2D eigenvalue weighted by Crippen LogP contribution is 2.25. The van der Waals surface area contributed by atoms with E-state index in [1.54, 1.807) is 7.11 Å². The van der Waals surface area contributed by atoms with Gasteiger partial charge in [-0.3, -0.25) is 0 Å². The summed E-state index contributed by atoms with van der Waals surface area (Å²) in [5, 5.41) is 3.44. The van der Waals surface area contributed by atoms with Gasteiger partial charge in [0.1, 0.15) is 0 Å². The molecule has 1 saturated heterocycles. The first-order valence-corrected chi connectivity index (χ1v) is 6.22. The van der Waals surface area contributed by atoms with Crippen molar-refractivity contribution in [3.63, 3.8) is 0 Å². The number of piperidine rings is 1. The van der Waals surface area contributed by atoms with Crippen LogP contribution in [0.5, 0.6) is 5.75 Å². The van der Waals surface area contributed by atoms with Crippen molar-refractivity contribution in [2.45, 2.75) is 12.8 Å². The first-order valence-electron chi connectivity index (χ1n) is 6.22. The minimum absolute atomic E-state index is 0.709. The Labute approximate surface area is 103 Å². The second-order valence-corrected chi connectivity index (χ2v) is 4.62. The summed E-state index contributed by atoms with van der Waals surface area (Å²) in [6.07, 6.45) is 4.39. The van der Waals surface area contributed by atoms with Gasteiger partial charge in [-0.05, 0) is 44.0 Å². The van der Waals surface area contributed by atoms with Gasteiger partial charge in [0.15, 0.2) is 11.6 Å². The Morgan fingerprint density at radius 2 is 2.47 bits per heavy atom. The molecular formula is C13H21N3O. The third kappa shape index (κ3) is 3.09. The van der Waals surface area contributed by atoms with Crippen molar-refractivity contribution in [3.8, 4) is 5.75 Å². The summed E-state index contributed by atoms with van der Waals surface area (Å²) >= 11 is 0. The van der Waals surface area contributed by atoms with Crippen LogP contribution in [0.25, 0.3) is 0 Å². The molecule has 0 spiro atoms. The van der Waals surface area contributed by atoms with Gasteiger partial charge in [-0.1, -0.05) is 0 Å². The number of pyridine rings is 1. The molecule has 4 heteroatoms. The number of methoxy groups -OCH3 is 1. The third-order valence-electron chi connectivity index (χ3n) is 3.26. The molecule has 1 fully saturated rings. The normalized spacial score (nSPS) is 20.0. The van der Waals surface area contributed by atoms with Crippen LogP contribution >= 0.6 is 0 Å². The smallest absolute Gasteiger partial charge is 0.171 e. The molecule has 94 valence electrons. The molecule has 0 radical (unpaired) electrons. The molecule has 0 saturated carbocycles. The Hall–Kier alpha value is -1.29. The van der Waals surface area contributed by atoms with E-state index in [9.17, 15) is 0 Å². The van der Waals surface area contributed by atoms with E-state index in [0.717, 1.165) is 31.2 Å². The highest BCUT2D eigenvalue weighted by Gasteiger charge is 2.17. The molecule has 1 aromatic rings. The number of hydrogen-bond donors (Lipinski definition) is 1. The second kappa shape index (κ2) is 5.87. The van der Waals surface area contributed by atoms with E-state index in [-0.39, 0.29) is 0 Å². The minimum atomic E-state index is 0.709. The Morgan fingerprint density at radius 1 is 1.59 bits per heavy atom. The van der Waals surface area contributed by atoms with Crippen molar-refractivity contribution in [3.05, 3.63) is 18.3 Å². The zero-order valence-electron chi connectivity index (χ0n) is 10.6. The molecule has 0 aromatic carbocycles. The molecule has 1 aliphatic rings. The van der Waals surface area contributed by atoms with E-state index < -0.39 is 0 Å². The Bertz CT molecular complexity index is 350. The summed E-state index contributed by atoms with van der Waals surface area (Å²) < 4.78 is 5.34. The Kier molecular flexibility index (Phi) is 4.20. The average molecular weight is 235 g/mol. The number of aromatic nitrogens is 1. The number of anilines is 1. The summed E-state index contributed by atoms with van der Waals surface area (Å²) in [6.45, 7) is 3.30. The maximum atomic E-state index is 5.34. The summed E-state index contributed by atoms with van der Waals surface area (Å²) in [7, 11) is 3.77. The van der Waals surface area contributed by atoms with Gasteiger partial charge in [-0.2, -0.15) is 0 Å². The van der Waals surface area contributed by atoms with E-state index in [2.05, 4.69) is 22.2 Å². The molecule has 1 aliphatic heterocycles. The lowest BCUT2D eigenvalue weighted by Gasteiger charge is -2.28. The molecule has 1 N–H and O–H groups in total. The van der Waals surface area contributed by atoms with E-state index in [4.69, 9.17) is 4.74 Å². The van der Waals surface area contributed by atoms with Gasteiger partial charge in [0.05, 0.1) is 7.11 Å². The molecule has 2 heterocycles. The lowest BCUT2D eigenvalue weighted by atomic mass is 9.99. The van der Waals surface area contributed by atoms with Crippen molar-refractivity contribution in [1.29, 1.82) is 0 Å². The van der Waals surface area contributed by atoms with Crippen molar-refractivity contribution in [2.24, 2.45) is 5.92 Å². The quantitative estimate of drug-likeness (QED) is 0.858. The lowest BCUT2D eigenvalue weighted by Crippen LogP contribution is -2.37. The van der Waals surface area contributed by atoms with E-state index in [1.807, 2.05) is 18.3 Å². The SMILES string of the molecule is COc1cccnc1N(C)CC1CCCNC1. The molecule has 0 bridgehead atoms. The molecule has 0 amide bonds. The summed E-state index contributed by atoms with van der Waals surface area (Å²) in [5.41, 5.74) is 0. The number of nitrogens with zero attached hydrogens (tertiary/aromatic N) is 2. The highest BCUT2D eigenvalue weighted by molar-refractivity contribution is 5.51. The largest absolute Gasteiger partial charge is 0.493 e. The summed E-state index contributed by atoms with van der Waals surface area (Å²) in [6, 6.07) is 3.86. The zero-order chi connectivity index (χ0) is 12.1. The van der Waals surface area contributed by atoms with Crippen LogP contribution in [0, 0.1) is 5.92 Å². The van der Waals surface area contributed by atoms with Gasteiger partial charge in [-0.15, -0.1) is 0 Å². The van der Waals surface area contributed by atoms with Crippen LogP contribution in [0.4, 0.5) is 5.82 Å². The number of ether oxygens (including phenoxy) is 1. The standard InChI is InChI=1S/C13H21N3O/c1-16(10-11-5-3-7-14-9-11)13-12(17-2)6-4-8-15-13/h4,6,8,11,14H,3,5,7,9-10H2,1-2H3. The first-order chi connectivity index (χ1) is 8.31. The Balaban J connectivity index is 2.00. The molecule has 2 rings (SSSR count). The van der Waals surface area contributed by atoms with Gasteiger partial charge in [-0.25, -0.2) is 4.98 Å². The average Bonchev–Trinajstić information content (AvgIpc) is 2.40. The maximum absolute atomic E-state index is 5.34. The predicted octanol–water partition coefficient (Wildman–Crippen LogP) is 1.53. The van der Waals surface area contributed by atoms with Gasteiger partial charge in [0, 0.05) is 19.8 Å². The van der Waals surface area contributed by atoms with Crippen molar-refractivity contribution < 1.29 is 4.74 Å². The van der Waals surface area contributed by atoms with Crippen molar-refractivity contribution >= 4 is 5.82 Å². The van der Waals surface area contributed by atoms with Crippen molar-refractivity contribution in [2.75, 3.05) is 38.7 Å². The fourth-order valence-electron chi connectivity index (χ4n) is 2.38. The molecule has 1 unspecified atom stereocenters. The van der Waals surface area contributed by atoms with E-state index in [1.165, 1.54) is 12.8 Å². The number of rotatable bonds is 4. The van der Waals surface area contributed by atoms with Gasteiger partial charge in [0.2, 0.25) is 0 Å². The fraction of sp³-hybridized carbons (Fsp3) is 0.615. The lowest BCUT2D eigenvalue weighted by molar-refractivity contribution is 0.376. The predicted molar refractivity (Wildman–Crippen MR) is 69.7 cm³/mol. The van der Waals surface area contributed by atoms with Crippen LogP contribution in [-0.2, 0) is 0 Å². The zero-order valence-corrected chi connectivity index (χ0v) is 10.6. The van der Waals surface area contributed by atoms with Gasteiger partial charge < -0.3 is 15.0 Å². The highest BCUT2D eigenvalue weighted by atomic mass is 16.5. The third-order valence-corrected chi connectivity index (χ3v) is 3.26.